The summed E-state index contributed by atoms with van der Waals surface area (Å²) < 4.78 is 19.9. The summed E-state index contributed by atoms with van der Waals surface area (Å²) in [5.41, 5.74) is 3.08. The van der Waals surface area contributed by atoms with E-state index in [0.717, 1.165) is 32.5 Å². The number of aryl methyl sites for hydroxylation is 1. The third kappa shape index (κ3) is 6.96. The van der Waals surface area contributed by atoms with Crippen LogP contribution in [0.25, 0.3) is 0 Å². The lowest BCUT2D eigenvalue weighted by molar-refractivity contribution is -0.0265. The molecule has 1 saturated heterocycles. The Labute approximate surface area is 190 Å². The molecule has 2 aromatic carbocycles. The molecule has 1 aliphatic heterocycles. The molecule has 6 heteroatoms. The van der Waals surface area contributed by atoms with Gasteiger partial charge in [0.1, 0.15) is 5.82 Å². The number of rotatable bonds is 6. The Morgan fingerprint density at radius 2 is 1.90 bits per heavy atom. The smallest absolute Gasteiger partial charge is 0.191 e. The standard InChI is InChI=1S/C23H30FN3O.HI/c1-3-25-23(26-15-19-7-4-5-9-21(19)24)27-16-20-8-6-14-28-22(20)18-12-10-17(2)11-13-18;/h4-5,7,9-13,20,22H,3,6,8,14-16H2,1-2H3,(H2,25,26,27);1H. The molecule has 0 radical (unpaired) electrons. The second-order valence-electron chi connectivity index (χ2n) is 7.27. The van der Waals surface area contributed by atoms with E-state index in [-0.39, 0.29) is 35.9 Å². The summed E-state index contributed by atoms with van der Waals surface area (Å²) >= 11 is 0. The van der Waals surface area contributed by atoms with Crippen LogP contribution in [-0.2, 0) is 11.3 Å². The van der Waals surface area contributed by atoms with Crippen molar-refractivity contribution in [3.05, 3.63) is 71.0 Å². The van der Waals surface area contributed by atoms with Crippen LogP contribution >= 0.6 is 24.0 Å². The van der Waals surface area contributed by atoms with Crippen LogP contribution < -0.4 is 10.6 Å². The van der Waals surface area contributed by atoms with Crippen molar-refractivity contribution in [3.63, 3.8) is 0 Å². The van der Waals surface area contributed by atoms with Gasteiger partial charge in [-0.3, -0.25) is 0 Å². The maximum Gasteiger partial charge on any atom is 0.191 e. The highest BCUT2D eigenvalue weighted by molar-refractivity contribution is 14.0. The normalized spacial score (nSPS) is 19.3. The summed E-state index contributed by atoms with van der Waals surface area (Å²) in [6.45, 7) is 6.76. The SMILES string of the molecule is CCNC(=NCc1ccccc1F)NCC1CCCOC1c1ccc(C)cc1.I. The Balaban J connectivity index is 0.00000300. The molecule has 3 rings (SSSR count). The minimum absolute atomic E-state index is 0. The fourth-order valence-electron chi connectivity index (χ4n) is 3.54. The number of hydrogen-bond donors (Lipinski definition) is 2. The van der Waals surface area contributed by atoms with Crippen molar-refractivity contribution in [2.75, 3.05) is 19.7 Å². The molecular formula is C23H31FIN3O. The van der Waals surface area contributed by atoms with Gasteiger partial charge in [0.05, 0.1) is 12.6 Å². The Kier molecular flexibility index (Phi) is 9.87. The maximum absolute atomic E-state index is 13.8. The molecule has 0 aliphatic carbocycles. The number of hydrogen-bond acceptors (Lipinski definition) is 2. The quantitative estimate of drug-likeness (QED) is 0.327. The lowest BCUT2D eigenvalue weighted by atomic mass is 9.89. The van der Waals surface area contributed by atoms with Gasteiger partial charge in [-0.2, -0.15) is 0 Å². The summed E-state index contributed by atoms with van der Waals surface area (Å²) in [6.07, 6.45) is 2.27. The van der Waals surface area contributed by atoms with Gasteiger partial charge in [0.15, 0.2) is 5.96 Å². The number of nitrogens with one attached hydrogen (secondary N) is 2. The van der Waals surface area contributed by atoms with E-state index in [9.17, 15) is 4.39 Å². The van der Waals surface area contributed by atoms with Gasteiger partial charge in [0.2, 0.25) is 0 Å². The van der Waals surface area contributed by atoms with Gasteiger partial charge in [-0.1, -0.05) is 48.0 Å². The lowest BCUT2D eigenvalue weighted by Crippen LogP contribution is -2.42. The van der Waals surface area contributed by atoms with Crippen molar-refractivity contribution in [2.24, 2.45) is 10.9 Å². The number of ether oxygens (including phenoxy) is 1. The Morgan fingerprint density at radius 1 is 1.14 bits per heavy atom. The van der Waals surface area contributed by atoms with Crippen molar-refractivity contribution >= 4 is 29.9 Å². The molecule has 2 N–H and O–H groups in total. The predicted octanol–water partition coefficient (Wildman–Crippen LogP) is 4.98. The van der Waals surface area contributed by atoms with E-state index in [0.29, 0.717) is 24.0 Å². The van der Waals surface area contributed by atoms with Crippen molar-refractivity contribution in [2.45, 2.75) is 39.3 Å². The zero-order valence-corrected chi connectivity index (χ0v) is 19.5. The van der Waals surface area contributed by atoms with Crippen LogP contribution in [0.5, 0.6) is 0 Å². The second kappa shape index (κ2) is 12.1. The summed E-state index contributed by atoms with van der Waals surface area (Å²) in [7, 11) is 0. The molecule has 1 fully saturated rings. The van der Waals surface area contributed by atoms with E-state index in [1.165, 1.54) is 17.2 Å². The molecule has 4 nitrogen and oxygen atoms in total. The van der Waals surface area contributed by atoms with Crippen molar-refractivity contribution < 1.29 is 9.13 Å². The molecular weight excluding hydrogens is 480 g/mol. The largest absolute Gasteiger partial charge is 0.373 e. The summed E-state index contributed by atoms with van der Waals surface area (Å²) in [6, 6.07) is 15.4. The van der Waals surface area contributed by atoms with Crippen molar-refractivity contribution in [1.29, 1.82) is 0 Å². The van der Waals surface area contributed by atoms with Gasteiger partial charge in [-0.05, 0) is 38.3 Å². The van der Waals surface area contributed by atoms with Gasteiger partial charge < -0.3 is 15.4 Å². The molecule has 0 spiro atoms. The average molecular weight is 511 g/mol. The number of benzene rings is 2. The Hall–Kier alpha value is -1.67. The van der Waals surface area contributed by atoms with Crippen molar-refractivity contribution in [1.82, 2.24) is 10.6 Å². The van der Waals surface area contributed by atoms with Crippen LogP contribution in [0.4, 0.5) is 4.39 Å². The highest BCUT2D eigenvalue weighted by Crippen LogP contribution is 2.33. The lowest BCUT2D eigenvalue weighted by Gasteiger charge is -2.32. The van der Waals surface area contributed by atoms with Gasteiger partial charge in [0, 0.05) is 31.2 Å². The number of nitrogens with zero attached hydrogens (tertiary/aromatic N) is 1. The van der Waals surface area contributed by atoms with E-state index in [4.69, 9.17) is 4.74 Å². The van der Waals surface area contributed by atoms with E-state index in [1.54, 1.807) is 12.1 Å². The van der Waals surface area contributed by atoms with E-state index in [2.05, 4.69) is 46.8 Å². The molecule has 2 unspecified atom stereocenters. The van der Waals surface area contributed by atoms with Crippen LogP contribution in [-0.4, -0.2) is 25.7 Å². The van der Waals surface area contributed by atoms with E-state index >= 15 is 0 Å². The van der Waals surface area contributed by atoms with Crippen LogP contribution in [0.15, 0.2) is 53.5 Å². The molecule has 0 amide bonds. The molecule has 158 valence electrons. The minimum Gasteiger partial charge on any atom is -0.373 e. The van der Waals surface area contributed by atoms with E-state index in [1.807, 2.05) is 13.0 Å². The Morgan fingerprint density at radius 3 is 2.62 bits per heavy atom. The minimum atomic E-state index is -0.220. The van der Waals surface area contributed by atoms with Gasteiger partial charge in [0.25, 0.3) is 0 Å². The summed E-state index contributed by atoms with van der Waals surface area (Å²) in [5.74, 6) is 0.856. The molecule has 2 atom stereocenters. The molecule has 0 saturated carbocycles. The molecule has 1 heterocycles. The second-order valence-corrected chi connectivity index (χ2v) is 7.27. The predicted molar refractivity (Wildman–Crippen MR) is 127 cm³/mol. The van der Waals surface area contributed by atoms with Gasteiger partial charge in [-0.15, -0.1) is 24.0 Å². The first-order chi connectivity index (χ1) is 13.7. The molecule has 0 aromatic heterocycles. The first-order valence-corrected chi connectivity index (χ1v) is 10.1. The highest BCUT2D eigenvalue weighted by atomic mass is 127. The highest BCUT2D eigenvalue weighted by Gasteiger charge is 2.27. The fourth-order valence-corrected chi connectivity index (χ4v) is 3.54. The van der Waals surface area contributed by atoms with Gasteiger partial charge >= 0.3 is 0 Å². The zero-order chi connectivity index (χ0) is 19.8. The van der Waals surface area contributed by atoms with E-state index < -0.39 is 0 Å². The molecule has 0 bridgehead atoms. The monoisotopic (exact) mass is 511 g/mol. The number of guanidine groups is 1. The third-order valence-corrected chi connectivity index (χ3v) is 5.09. The first kappa shape index (κ1) is 23.6. The maximum atomic E-state index is 13.8. The first-order valence-electron chi connectivity index (χ1n) is 10.1. The Bertz CT molecular complexity index is 782. The molecule has 1 aliphatic rings. The zero-order valence-electron chi connectivity index (χ0n) is 17.2. The van der Waals surface area contributed by atoms with Crippen LogP contribution in [0.3, 0.4) is 0 Å². The van der Waals surface area contributed by atoms with Crippen LogP contribution in [0.1, 0.15) is 42.6 Å². The fraction of sp³-hybridized carbons (Fsp3) is 0.435. The number of halogens is 2. The summed E-state index contributed by atoms with van der Waals surface area (Å²) in [5, 5.41) is 6.68. The molecule has 29 heavy (non-hydrogen) atoms. The topological polar surface area (TPSA) is 45.7 Å². The molecule has 2 aromatic rings. The van der Waals surface area contributed by atoms with Gasteiger partial charge in [-0.25, -0.2) is 9.38 Å². The third-order valence-electron chi connectivity index (χ3n) is 5.09. The van der Waals surface area contributed by atoms with Crippen molar-refractivity contribution in [3.8, 4) is 0 Å². The van der Waals surface area contributed by atoms with Crippen LogP contribution in [0, 0.1) is 18.7 Å². The van der Waals surface area contributed by atoms with Crippen LogP contribution in [0.2, 0.25) is 0 Å². The average Bonchev–Trinajstić information content (AvgIpc) is 2.72. The number of aliphatic imine (C=N–C) groups is 1. The summed E-state index contributed by atoms with van der Waals surface area (Å²) in [4.78, 5) is 4.55.